The summed E-state index contributed by atoms with van der Waals surface area (Å²) >= 11 is 0. The van der Waals surface area contributed by atoms with E-state index in [1.807, 2.05) is 18.2 Å². The Hall–Kier alpha value is -2.43. The smallest absolute Gasteiger partial charge is 0.248 e. The van der Waals surface area contributed by atoms with Crippen LogP contribution in [0.3, 0.4) is 0 Å². The number of carbonyl (C=O) groups excluding carboxylic acids is 1. The molecule has 1 aromatic carbocycles. The van der Waals surface area contributed by atoms with Crippen LogP contribution in [0.25, 0.3) is 0 Å². The van der Waals surface area contributed by atoms with Crippen LogP contribution in [0.15, 0.2) is 33.7 Å². The summed E-state index contributed by atoms with van der Waals surface area (Å²) in [4.78, 5) is 15.4. The van der Waals surface area contributed by atoms with E-state index in [0.29, 0.717) is 43.1 Å². The lowest BCUT2D eigenvalue weighted by Gasteiger charge is -2.31. The minimum atomic E-state index is -3.79. The average molecular weight is 479 g/mol. The minimum absolute atomic E-state index is 0.0931. The van der Waals surface area contributed by atoms with E-state index in [0.717, 1.165) is 19.6 Å². The summed E-state index contributed by atoms with van der Waals surface area (Å²) in [5.74, 6) is 0.190. The number of anilines is 1. The molecule has 1 aliphatic rings. The third kappa shape index (κ3) is 5.93. The lowest BCUT2D eigenvalue weighted by molar-refractivity contribution is -0.120. The molecule has 182 valence electrons. The van der Waals surface area contributed by atoms with E-state index in [4.69, 9.17) is 9.26 Å². The van der Waals surface area contributed by atoms with E-state index in [1.54, 1.807) is 19.9 Å². The first kappa shape index (κ1) is 25.2. The molecular formula is C23H34N4O5S. The molecule has 1 aliphatic heterocycles. The Morgan fingerprint density at radius 3 is 2.67 bits per heavy atom. The number of aromatic nitrogens is 1. The normalized spacial score (nSPS) is 17.3. The fraction of sp³-hybridized carbons (Fsp3) is 0.565. The lowest BCUT2D eigenvalue weighted by atomic mass is 9.98. The molecule has 2 heterocycles. The van der Waals surface area contributed by atoms with Gasteiger partial charge in [0, 0.05) is 19.6 Å². The van der Waals surface area contributed by atoms with Crippen molar-refractivity contribution < 1.29 is 22.5 Å². The van der Waals surface area contributed by atoms with Crippen molar-refractivity contribution >= 4 is 21.6 Å². The van der Waals surface area contributed by atoms with Gasteiger partial charge in [-0.2, -0.15) is 4.31 Å². The molecule has 0 spiro atoms. The number of sulfonamides is 1. The Balaban J connectivity index is 1.66. The highest BCUT2D eigenvalue weighted by Crippen LogP contribution is 2.29. The van der Waals surface area contributed by atoms with Gasteiger partial charge in [0.2, 0.25) is 15.9 Å². The number of para-hydroxylation sites is 2. The average Bonchev–Trinajstić information content (AvgIpc) is 3.16. The van der Waals surface area contributed by atoms with Crippen LogP contribution in [0.1, 0.15) is 38.1 Å². The lowest BCUT2D eigenvalue weighted by Crippen LogP contribution is -2.44. The maximum atomic E-state index is 13.2. The third-order valence-electron chi connectivity index (χ3n) is 6.03. The Morgan fingerprint density at radius 1 is 1.27 bits per heavy atom. The van der Waals surface area contributed by atoms with Crippen molar-refractivity contribution in [1.29, 1.82) is 0 Å². The molecule has 0 bridgehead atoms. The van der Waals surface area contributed by atoms with E-state index in [2.05, 4.69) is 29.2 Å². The highest BCUT2D eigenvalue weighted by molar-refractivity contribution is 7.89. The number of likely N-dealkylation sites (N-methyl/N-ethyl adjacent to an activating group) is 1. The molecule has 0 aliphatic carbocycles. The summed E-state index contributed by atoms with van der Waals surface area (Å²) in [6.45, 7) is 11.1. The van der Waals surface area contributed by atoms with Crippen LogP contribution in [-0.4, -0.2) is 68.0 Å². The molecular weight excluding hydrogens is 444 g/mol. The van der Waals surface area contributed by atoms with Crippen molar-refractivity contribution in [3.63, 3.8) is 0 Å². The SMILES string of the molecule is CCN(CC)CCOc1ccccc1NC(=O)C1CCCN(S(=O)(=O)c2c(C)noc2C)C1. The predicted molar refractivity (Wildman–Crippen MR) is 126 cm³/mol. The van der Waals surface area contributed by atoms with E-state index in [9.17, 15) is 13.2 Å². The maximum absolute atomic E-state index is 13.2. The van der Waals surface area contributed by atoms with Crippen LogP contribution in [0, 0.1) is 19.8 Å². The van der Waals surface area contributed by atoms with Gasteiger partial charge in [-0.1, -0.05) is 31.1 Å². The van der Waals surface area contributed by atoms with Crippen LogP contribution < -0.4 is 10.1 Å². The minimum Gasteiger partial charge on any atom is -0.490 e. The Morgan fingerprint density at radius 2 is 2.00 bits per heavy atom. The third-order valence-corrected chi connectivity index (χ3v) is 8.14. The van der Waals surface area contributed by atoms with Crippen molar-refractivity contribution in [2.45, 2.75) is 45.4 Å². The number of piperidine rings is 1. The van der Waals surface area contributed by atoms with Crippen LogP contribution in [-0.2, 0) is 14.8 Å². The molecule has 1 unspecified atom stereocenters. The highest BCUT2D eigenvalue weighted by Gasteiger charge is 2.36. The molecule has 1 atom stereocenters. The number of amides is 1. The fourth-order valence-corrected chi connectivity index (χ4v) is 5.92. The summed E-state index contributed by atoms with van der Waals surface area (Å²) in [5.41, 5.74) is 0.919. The molecule has 0 saturated carbocycles. The largest absolute Gasteiger partial charge is 0.490 e. The van der Waals surface area contributed by atoms with Gasteiger partial charge in [-0.05, 0) is 51.9 Å². The molecule has 3 rings (SSSR count). The van der Waals surface area contributed by atoms with Gasteiger partial charge in [0.1, 0.15) is 22.9 Å². The monoisotopic (exact) mass is 478 g/mol. The first-order valence-electron chi connectivity index (χ1n) is 11.5. The number of benzene rings is 1. The Labute approximate surface area is 196 Å². The summed E-state index contributed by atoms with van der Waals surface area (Å²) in [5, 5.41) is 6.71. The van der Waals surface area contributed by atoms with Gasteiger partial charge in [-0.15, -0.1) is 0 Å². The fourth-order valence-electron chi connectivity index (χ4n) is 4.10. The number of rotatable bonds is 10. The van der Waals surface area contributed by atoms with Crippen LogP contribution >= 0.6 is 0 Å². The van der Waals surface area contributed by atoms with Crippen molar-refractivity contribution in [2.75, 3.05) is 44.6 Å². The number of hydrogen-bond donors (Lipinski definition) is 1. The zero-order chi connectivity index (χ0) is 24.0. The quantitative estimate of drug-likeness (QED) is 0.559. The Kier molecular flexibility index (Phi) is 8.50. The van der Waals surface area contributed by atoms with Crippen LogP contribution in [0.2, 0.25) is 0 Å². The molecule has 33 heavy (non-hydrogen) atoms. The number of hydrogen-bond acceptors (Lipinski definition) is 7. The molecule has 0 radical (unpaired) electrons. The van der Waals surface area contributed by atoms with Gasteiger partial charge in [0.25, 0.3) is 0 Å². The van der Waals surface area contributed by atoms with Gasteiger partial charge in [-0.25, -0.2) is 8.42 Å². The molecule has 1 N–H and O–H groups in total. The molecule has 1 aromatic heterocycles. The zero-order valence-corrected chi connectivity index (χ0v) is 20.7. The van der Waals surface area contributed by atoms with Crippen molar-refractivity contribution in [1.82, 2.24) is 14.4 Å². The first-order valence-corrected chi connectivity index (χ1v) is 12.9. The van der Waals surface area contributed by atoms with E-state index < -0.39 is 15.9 Å². The number of aryl methyl sites for hydroxylation is 2. The molecule has 2 aromatic rings. The molecule has 10 heteroatoms. The second-order valence-corrected chi connectivity index (χ2v) is 10.1. The van der Waals surface area contributed by atoms with Gasteiger partial charge in [-0.3, -0.25) is 4.79 Å². The van der Waals surface area contributed by atoms with Crippen molar-refractivity contribution in [2.24, 2.45) is 5.92 Å². The van der Waals surface area contributed by atoms with Crippen LogP contribution in [0.4, 0.5) is 5.69 Å². The molecule has 9 nitrogen and oxygen atoms in total. The van der Waals surface area contributed by atoms with Gasteiger partial charge in [0.05, 0.1) is 11.6 Å². The van der Waals surface area contributed by atoms with Crippen molar-refractivity contribution in [3.05, 3.63) is 35.7 Å². The van der Waals surface area contributed by atoms with Crippen molar-refractivity contribution in [3.8, 4) is 5.75 Å². The topological polar surface area (TPSA) is 105 Å². The van der Waals surface area contributed by atoms with E-state index in [1.165, 1.54) is 4.31 Å². The maximum Gasteiger partial charge on any atom is 0.248 e. The summed E-state index contributed by atoms with van der Waals surface area (Å²) in [7, 11) is -3.79. The van der Waals surface area contributed by atoms with E-state index >= 15 is 0 Å². The summed E-state index contributed by atoms with van der Waals surface area (Å²) in [6.07, 6.45) is 1.22. The van der Waals surface area contributed by atoms with E-state index in [-0.39, 0.29) is 23.1 Å². The molecule has 1 fully saturated rings. The Bertz CT molecular complexity index is 1030. The number of ether oxygens (including phenoxy) is 1. The first-order chi connectivity index (χ1) is 15.8. The highest BCUT2D eigenvalue weighted by atomic mass is 32.2. The molecule has 1 saturated heterocycles. The second-order valence-electron chi connectivity index (χ2n) is 8.22. The second kappa shape index (κ2) is 11.1. The predicted octanol–water partition coefficient (Wildman–Crippen LogP) is 3.05. The van der Waals surface area contributed by atoms with Gasteiger partial charge < -0.3 is 19.5 Å². The number of nitrogens with zero attached hydrogens (tertiary/aromatic N) is 3. The number of carbonyl (C=O) groups is 1. The zero-order valence-electron chi connectivity index (χ0n) is 19.8. The standard InChI is InChI=1S/C23H34N4O5S/c1-5-26(6-2)14-15-31-21-12-8-7-11-20(21)24-23(28)19-10-9-13-27(16-19)33(29,30)22-17(3)25-32-18(22)4/h7-8,11-12,19H,5-6,9-10,13-16H2,1-4H3,(H,24,28). The summed E-state index contributed by atoms with van der Waals surface area (Å²) < 4.78 is 38.7. The van der Waals surface area contributed by atoms with Gasteiger partial charge in [0.15, 0.2) is 5.76 Å². The summed E-state index contributed by atoms with van der Waals surface area (Å²) in [6, 6.07) is 7.32. The molecule has 1 amide bonds. The van der Waals surface area contributed by atoms with Gasteiger partial charge >= 0.3 is 0 Å². The number of nitrogens with one attached hydrogen (secondary N) is 1. The van der Waals surface area contributed by atoms with Crippen LogP contribution in [0.5, 0.6) is 5.75 Å².